The highest BCUT2D eigenvalue weighted by Gasteiger charge is 2.27. The summed E-state index contributed by atoms with van der Waals surface area (Å²) in [6, 6.07) is 13.2. The SMILES string of the molecule is COc1cccc(CN(C[C@H]2CC(c3ccc(OC)c(OC)c3)=NO2)C(=O)NC(C)C)c1. The Balaban J connectivity index is 1.71. The number of carbonyl (C=O) groups is 1. The minimum Gasteiger partial charge on any atom is -0.497 e. The summed E-state index contributed by atoms with van der Waals surface area (Å²) < 4.78 is 16.0. The van der Waals surface area contributed by atoms with Crippen LogP contribution in [0.4, 0.5) is 4.79 Å². The Labute approximate surface area is 189 Å². The number of oxime groups is 1. The Morgan fingerprint density at radius 2 is 1.91 bits per heavy atom. The van der Waals surface area contributed by atoms with Gasteiger partial charge in [0.05, 0.1) is 33.6 Å². The molecule has 0 spiro atoms. The van der Waals surface area contributed by atoms with Gasteiger partial charge in [0, 0.05) is 24.6 Å². The first-order chi connectivity index (χ1) is 15.4. The molecule has 8 heteroatoms. The molecule has 8 nitrogen and oxygen atoms in total. The fourth-order valence-electron chi connectivity index (χ4n) is 3.51. The van der Waals surface area contributed by atoms with Crippen LogP contribution in [-0.4, -0.2) is 56.7 Å². The molecule has 0 bridgehead atoms. The highest BCUT2D eigenvalue weighted by Crippen LogP contribution is 2.29. The molecule has 3 rings (SSSR count). The van der Waals surface area contributed by atoms with Crippen LogP contribution in [0.5, 0.6) is 17.2 Å². The lowest BCUT2D eigenvalue weighted by Gasteiger charge is -2.26. The van der Waals surface area contributed by atoms with Crippen molar-refractivity contribution in [2.75, 3.05) is 27.9 Å². The van der Waals surface area contributed by atoms with Crippen molar-refractivity contribution in [2.45, 2.75) is 39.0 Å². The Bertz CT molecular complexity index is 960. The number of ether oxygens (including phenoxy) is 3. The van der Waals surface area contributed by atoms with E-state index in [0.717, 1.165) is 22.6 Å². The average Bonchev–Trinajstić information content (AvgIpc) is 3.26. The van der Waals surface area contributed by atoms with Crippen LogP contribution >= 0.6 is 0 Å². The van der Waals surface area contributed by atoms with Gasteiger partial charge in [0.1, 0.15) is 5.75 Å². The van der Waals surface area contributed by atoms with E-state index in [1.54, 1.807) is 26.2 Å². The van der Waals surface area contributed by atoms with Crippen molar-refractivity contribution in [1.82, 2.24) is 10.2 Å². The highest BCUT2D eigenvalue weighted by atomic mass is 16.6. The second-order valence-corrected chi connectivity index (χ2v) is 7.88. The fourth-order valence-corrected chi connectivity index (χ4v) is 3.51. The van der Waals surface area contributed by atoms with Crippen molar-refractivity contribution in [3.8, 4) is 17.2 Å². The highest BCUT2D eigenvalue weighted by molar-refractivity contribution is 6.01. The average molecular weight is 442 g/mol. The first kappa shape index (κ1) is 23.2. The summed E-state index contributed by atoms with van der Waals surface area (Å²) in [7, 11) is 4.83. The van der Waals surface area contributed by atoms with Crippen LogP contribution in [-0.2, 0) is 11.4 Å². The third kappa shape index (κ3) is 5.84. The van der Waals surface area contributed by atoms with Gasteiger partial charge >= 0.3 is 6.03 Å². The van der Waals surface area contributed by atoms with Crippen molar-refractivity contribution in [3.63, 3.8) is 0 Å². The standard InChI is InChI=1S/C24H31N3O5/c1-16(2)25-24(28)27(14-17-7-6-8-19(11-17)29-3)15-20-13-21(26-32-20)18-9-10-22(30-4)23(12-18)31-5/h6-12,16,20H,13-15H2,1-5H3,(H,25,28)/t20-/m1/s1. The summed E-state index contributed by atoms with van der Waals surface area (Å²) in [5.74, 6) is 2.04. The molecule has 172 valence electrons. The molecule has 0 fully saturated rings. The molecule has 2 amide bonds. The van der Waals surface area contributed by atoms with Crippen LogP contribution in [0, 0.1) is 0 Å². The molecule has 0 saturated carbocycles. The number of benzene rings is 2. The molecule has 0 unspecified atom stereocenters. The first-order valence-electron chi connectivity index (χ1n) is 10.6. The fraction of sp³-hybridized carbons (Fsp3) is 0.417. The summed E-state index contributed by atoms with van der Waals surface area (Å²) in [5, 5.41) is 7.24. The third-order valence-electron chi connectivity index (χ3n) is 5.08. The maximum atomic E-state index is 12.9. The Kier molecular flexibility index (Phi) is 7.81. The molecule has 1 atom stereocenters. The number of carbonyl (C=O) groups excluding carboxylic acids is 1. The Morgan fingerprint density at radius 1 is 1.12 bits per heavy atom. The number of nitrogens with zero attached hydrogens (tertiary/aromatic N) is 2. The normalized spacial score (nSPS) is 15.1. The van der Waals surface area contributed by atoms with Crippen molar-refractivity contribution < 1.29 is 23.8 Å². The molecule has 1 heterocycles. The number of nitrogens with one attached hydrogen (secondary N) is 1. The van der Waals surface area contributed by atoms with Crippen molar-refractivity contribution in [3.05, 3.63) is 53.6 Å². The zero-order valence-corrected chi connectivity index (χ0v) is 19.3. The van der Waals surface area contributed by atoms with Crippen LogP contribution in [0.3, 0.4) is 0 Å². The quantitative estimate of drug-likeness (QED) is 0.640. The van der Waals surface area contributed by atoms with E-state index < -0.39 is 0 Å². The predicted molar refractivity (Wildman–Crippen MR) is 123 cm³/mol. The Hall–Kier alpha value is -3.42. The summed E-state index contributed by atoms with van der Waals surface area (Å²) in [6.45, 7) is 4.70. The molecular formula is C24H31N3O5. The lowest BCUT2D eigenvalue weighted by atomic mass is 10.0. The van der Waals surface area contributed by atoms with Gasteiger partial charge in [-0.3, -0.25) is 0 Å². The van der Waals surface area contributed by atoms with Crippen molar-refractivity contribution >= 4 is 11.7 Å². The van der Waals surface area contributed by atoms with E-state index in [0.29, 0.717) is 31.0 Å². The monoisotopic (exact) mass is 441 g/mol. The Morgan fingerprint density at radius 3 is 2.59 bits per heavy atom. The van der Waals surface area contributed by atoms with Crippen LogP contribution in [0.15, 0.2) is 47.6 Å². The van der Waals surface area contributed by atoms with E-state index in [2.05, 4.69) is 10.5 Å². The molecule has 0 radical (unpaired) electrons. The van der Waals surface area contributed by atoms with E-state index in [1.807, 2.05) is 56.3 Å². The molecule has 0 saturated heterocycles. The molecule has 1 aliphatic heterocycles. The zero-order chi connectivity index (χ0) is 23.1. The van der Waals surface area contributed by atoms with Gasteiger partial charge in [0.25, 0.3) is 0 Å². The van der Waals surface area contributed by atoms with Gasteiger partial charge in [0.2, 0.25) is 0 Å². The lowest BCUT2D eigenvalue weighted by molar-refractivity contribution is 0.0586. The largest absolute Gasteiger partial charge is 0.497 e. The molecule has 0 aromatic heterocycles. The maximum Gasteiger partial charge on any atom is 0.318 e. The predicted octanol–water partition coefficient (Wildman–Crippen LogP) is 3.83. The minimum atomic E-state index is -0.249. The lowest BCUT2D eigenvalue weighted by Crippen LogP contribution is -2.45. The van der Waals surface area contributed by atoms with Crippen LogP contribution in [0.1, 0.15) is 31.4 Å². The van der Waals surface area contributed by atoms with Gasteiger partial charge < -0.3 is 29.3 Å². The van der Waals surface area contributed by atoms with Crippen LogP contribution in [0.25, 0.3) is 0 Å². The van der Waals surface area contributed by atoms with Crippen LogP contribution < -0.4 is 19.5 Å². The molecular weight excluding hydrogens is 410 g/mol. The van der Waals surface area contributed by atoms with E-state index in [9.17, 15) is 4.79 Å². The summed E-state index contributed by atoms with van der Waals surface area (Å²) >= 11 is 0. The van der Waals surface area contributed by atoms with Gasteiger partial charge in [-0.15, -0.1) is 0 Å². The van der Waals surface area contributed by atoms with E-state index in [4.69, 9.17) is 19.0 Å². The molecule has 1 N–H and O–H groups in total. The molecule has 2 aromatic carbocycles. The number of rotatable bonds is 9. The number of hydrogen-bond acceptors (Lipinski definition) is 6. The molecule has 32 heavy (non-hydrogen) atoms. The topological polar surface area (TPSA) is 81.6 Å². The van der Waals surface area contributed by atoms with Gasteiger partial charge in [-0.2, -0.15) is 0 Å². The number of methoxy groups -OCH3 is 3. The smallest absolute Gasteiger partial charge is 0.318 e. The minimum absolute atomic E-state index is 0.0263. The summed E-state index contributed by atoms with van der Waals surface area (Å²) in [4.78, 5) is 20.3. The van der Waals surface area contributed by atoms with Crippen molar-refractivity contribution in [1.29, 1.82) is 0 Å². The van der Waals surface area contributed by atoms with E-state index in [1.165, 1.54) is 0 Å². The second-order valence-electron chi connectivity index (χ2n) is 7.88. The van der Waals surface area contributed by atoms with Gasteiger partial charge in [-0.05, 0) is 49.7 Å². The maximum absolute atomic E-state index is 12.9. The van der Waals surface area contributed by atoms with Crippen molar-refractivity contribution in [2.24, 2.45) is 5.16 Å². The number of hydrogen-bond donors (Lipinski definition) is 1. The third-order valence-corrected chi connectivity index (χ3v) is 5.08. The van der Waals surface area contributed by atoms with Gasteiger partial charge in [-0.25, -0.2) is 4.79 Å². The first-order valence-corrected chi connectivity index (χ1v) is 10.6. The summed E-state index contributed by atoms with van der Waals surface area (Å²) in [5.41, 5.74) is 2.68. The van der Waals surface area contributed by atoms with Crippen LogP contribution in [0.2, 0.25) is 0 Å². The van der Waals surface area contributed by atoms with Gasteiger partial charge in [0.15, 0.2) is 17.6 Å². The molecule has 2 aromatic rings. The van der Waals surface area contributed by atoms with E-state index >= 15 is 0 Å². The summed E-state index contributed by atoms with van der Waals surface area (Å²) in [6.07, 6.45) is 0.334. The number of amides is 2. The second kappa shape index (κ2) is 10.7. The van der Waals surface area contributed by atoms with E-state index in [-0.39, 0.29) is 18.2 Å². The molecule has 0 aliphatic carbocycles. The zero-order valence-electron chi connectivity index (χ0n) is 19.3. The molecule has 1 aliphatic rings. The number of urea groups is 1. The van der Waals surface area contributed by atoms with Gasteiger partial charge in [-0.1, -0.05) is 17.3 Å².